The van der Waals surface area contributed by atoms with Gasteiger partial charge in [0.2, 0.25) is 6.79 Å². The second kappa shape index (κ2) is 7.75. The van der Waals surface area contributed by atoms with E-state index in [-0.39, 0.29) is 0 Å². The van der Waals surface area contributed by atoms with Crippen LogP contribution in [-0.2, 0) is 19.4 Å². The Bertz CT molecular complexity index is 855. The first-order valence-electron chi connectivity index (χ1n) is 9.05. The molecule has 5 rings (SSSR count). The van der Waals surface area contributed by atoms with E-state index in [9.17, 15) is 0 Å². The molecule has 3 aliphatic rings. The molecule has 0 amide bonds. The first kappa shape index (κ1) is 18.7. The van der Waals surface area contributed by atoms with Crippen LogP contribution in [0.1, 0.15) is 28.3 Å². The lowest BCUT2D eigenvalue weighted by molar-refractivity contribution is 0.157. The highest BCUT2D eigenvalue weighted by Gasteiger charge is 2.35. The molecule has 0 radical (unpaired) electrons. The minimum atomic E-state index is 0.326. The number of rotatable bonds is 2. The summed E-state index contributed by atoms with van der Waals surface area (Å²) in [6.07, 6.45) is 2.01. The van der Waals surface area contributed by atoms with E-state index in [2.05, 4.69) is 45.7 Å². The van der Waals surface area contributed by atoms with Crippen molar-refractivity contribution < 1.29 is 18.9 Å². The predicted octanol–water partition coefficient (Wildman–Crippen LogP) is 4.14. The number of ether oxygens (including phenoxy) is 4. The third kappa shape index (κ3) is 3.12. The van der Waals surface area contributed by atoms with Crippen molar-refractivity contribution >= 4 is 22.6 Å². The fourth-order valence-corrected chi connectivity index (χ4v) is 4.38. The second-order valence-electron chi connectivity index (χ2n) is 6.78. The van der Waals surface area contributed by atoms with Crippen molar-refractivity contribution in [2.24, 2.45) is 0 Å². The van der Waals surface area contributed by atoms with Crippen LogP contribution < -0.4 is 18.9 Å². The number of methoxy groups -OCH3 is 2. The molecule has 0 saturated heterocycles. The summed E-state index contributed by atoms with van der Waals surface area (Å²) in [5.74, 6) is 3.43. The van der Waals surface area contributed by atoms with E-state index in [4.69, 9.17) is 18.9 Å². The third-order valence-electron chi connectivity index (χ3n) is 5.62. The fraction of sp³-hybridized carbons (Fsp3) is 0.429. The summed E-state index contributed by atoms with van der Waals surface area (Å²) in [5.41, 5.74) is 5.34. The van der Waals surface area contributed by atoms with Crippen molar-refractivity contribution in [2.75, 3.05) is 32.5 Å². The highest BCUT2D eigenvalue weighted by molar-refractivity contribution is 14.1. The monoisotopic (exact) mass is 481 g/mol. The zero-order valence-corrected chi connectivity index (χ0v) is 18.0. The minimum absolute atomic E-state index is 0.326. The van der Waals surface area contributed by atoms with E-state index in [0.29, 0.717) is 12.8 Å². The highest BCUT2D eigenvalue weighted by atomic mass is 127. The molecule has 1 unspecified atom stereocenters. The zero-order chi connectivity index (χ0) is 19.0. The topological polar surface area (TPSA) is 40.2 Å². The molecule has 3 heterocycles. The zero-order valence-electron chi connectivity index (χ0n) is 15.9. The van der Waals surface area contributed by atoms with Crippen molar-refractivity contribution in [3.8, 4) is 23.0 Å². The van der Waals surface area contributed by atoms with Gasteiger partial charge in [0.1, 0.15) is 0 Å². The average Bonchev–Trinajstić information content (AvgIpc) is 3.18. The first-order chi connectivity index (χ1) is 13.3. The Hall–Kier alpha value is -1.67. The Morgan fingerprint density at radius 1 is 1.04 bits per heavy atom. The van der Waals surface area contributed by atoms with E-state index in [1.807, 2.05) is 11.0 Å². The summed E-state index contributed by atoms with van der Waals surface area (Å²) in [6.45, 7) is 2.25. The molecule has 0 N–H and O–H groups in total. The van der Waals surface area contributed by atoms with E-state index < -0.39 is 0 Å². The van der Waals surface area contributed by atoms with Crippen LogP contribution in [-0.4, -0.2) is 37.4 Å². The Kier molecular flexibility index (Phi) is 5.36. The number of benzene rings is 2. The molecular formula is C21H24INO4. The lowest BCUT2D eigenvalue weighted by Gasteiger charge is -2.42. The van der Waals surface area contributed by atoms with E-state index in [1.165, 1.54) is 22.3 Å². The maximum Gasteiger partial charge on any atom is 0.231 e. The Morgan fingerprint density at radius 2 is 1.81 bits per heavy atom. The molecule has 3 aliphatic heterocycles. The molecule has 144 valence electrons. The van der Waals surface area contributed by atoms with Gasteiger partial charge in [-0.15, -0.1) is 0 Å². The van der Waals surface area contributed by atoms with Crippen molar-refractivity contribution in [3.05, 3.63) is 46.5 Å². The van der Waals surface area contributed by atoms with Crippen molar-refractivity contribution in [1.82, 2.24) is 4.90 Å². The van der Waals surface area contributed by atoms with Gasteiger partial charge in [0.05, 0.1) is 14.2 Å². The molecular weight excluding hydrogens is 457 g/mol. The van der Waals surface area contributed by atoms with E-state index >= 15 is 0 Å². The van der Waals surface area contributed by atoms with Gasteiger partial charge in [-0.05, 0) is 52.7 Å². The molecule has 2 aromatic rings. The number of hydrogen-bond donors (Lipinski definition) is 0. The molecule has 5 nitrogen and oxygen atoms in total. The number of nitrogens with zero attached hydrogens (tertiary/aromatic N) is 1. The molecule has 27 heavy (non-hydrogen) atoms. The standard InChI is InChI=1S/C20H21NO4.CH3I/c1-22-17-4-3-12-7-16-14-9-19-18(24-11-25-19)8-13(14)5-6-21(16)10-15(12)20(17)23-2;1-2/h3-4,8-9,16H,5-7,10-11H2,1-2H3;1H3. The average molecular weight is 481 g/mol. The highest BCUT2D eigenvalue weighted by Crippen LogP contribution is 2.46. The molecule has 0 aromatic heterocycles. The first-order valence-corrected chi connectivity index (χ1v) is 11.2. The van der Waals surface area contributed by atoms with Crippen LogP contribution in [0, 0.1) is 0 Å². The lowest BCUT2D eigenvalue weighted by Crippen LogP contribution is -2.39. The third-order valence-corrected chi connectivity index (χ3v) is 5.62. The second-order valence-corrected chi connectivity index (χ2v) is 6.78. The van der Waals surface area contributed by atoms with Gasteiger partial charge < -0.3 is 18.9 Å². The number of fused-ring (bicyclic) bond motifs is 5. The van der Waals surface area contributed by atoms with E-state index in [1.54, 1.807) is 14.2 Å². The van der Waals surface area contributed by atoms with Crippen LogP contribution in [0.2, 0.25) is 0 Å². The van der Waals surface area contributed by atoms with Gasteiger partial charge in [-0.3, -0.25) is 4.90 Å². The molecule has 0 saturated carbocycles. The summed E-state index contributed by atoms with van der Waals surface area (Å²) in [6, 6.07) is 8.91. The quantitative estimate of drug-likeness (QED) is 0.477. The van der Waals surface area contributed by atoms with Crippen molar-refractivity contribution in [3.63, 3.8) is 0 Å². The summed E-state index contributed by atoms with van der Waals surface area (Å²) < 4.78 is 22.3. The van der Waals surface area contributed by atoms with Crippen LogP contribution in [0.5, 0.6) is 23.0 Å². The normalized spacial score (nSPS) is 19.2. The SMILES string of the molecule is CI.COc1ccc2c(c1OC)CN1CCc3cc4c(cc3C1C2)OCO4. The van der Waals surface area contributed by atoms with Crippen molar-refractivity contribution in [2.45, 2.75) is 25.4 Å². The van der Waals surface area contributed by atoms with Gasteiger partial charge in [0.15, 0.2) is 23.0 Å². The number of halogens is 1. The molecule has 0 aliphatic carbocycles. The molecule has 6 heteroatoms. The molecule has 0 spiro atoms. The van der Waals surface area contributed by atoms with E-state index in [0.717, 1.165) is 48.9 Å². The summed E-state index contributed by atoms with van der Waals surface area (Å²) in [4.78, 5) is 4.51. The molecule has 1 atom stereocenters. The van der Waals surface area contributed by atoms with Crippen LogP contribution in [0.15, 0.2) is 24.3 Å². The van der Waals surface area contributed by atoms with Crippen LogP contribution in [0.3, 0.4) is 0 Å². The van der Waals surface area contributed by atoms with Gasteiger partial charge in [0, 0.05) is 24.7 Å². The van der Waals surface area contributed by atoms with Crippen LogP contribution >= 0.6 is 22.6 Å². The number of alkyl halides is 1. The minimum Gasteiger partial charge on any atom is -0.493 e. The maximum absolute atomic E-state index is 5.66. The predicted molar refractivity (Wildman–Crippen MR) is 113 cm³/mol. The summed E-state index contributed by atoms with van der Waals surface area (Å²) in [5, 5.41) is 0. The van der Waals surface area contributed by atoms with Gasteiger partial charge >= 0.3 is 0 Å². The Balaban J connectivity index is 0.000000872. The molecule has 0 fully saturated rings. The van der Waals surface area contributed by atoms with Gasteiger partial charge in [-0.2, -0.15) is 0 Å². The molecule has 0 bridgehead atoms. The van der Waals surface area contributed by atoms with Gasteiger partial charge in [-0.1, -0.05) is 28.7 Å². The Labute approximate surface area is 173 Å². The van der Waals surface area contributed by atoms with Crippen molar-refractivity contribution in [1.29, 1.82) is 0 Å². The van der Waals surface area contributed by atoms with Gasteiger partial charge in [-0.25, -0.2) is 0 Å². The Morgan fingerprint density at radius 3 is 2.56 bits per heavy atom. The van der Waals surface area contributed by atoms with Crippen LogP contribution in [0.4, 0.5) is 0 Å². The fourth-order valence-electron chi connectivity index (χ4n) is 4.38. The maximum atomic E-state index is 5.66. The lowest BCUT2D eigenvalue weighted by atomic mass is 9.83. The van der Waals surface area contributed by atoms with Crippen LogP contribution in [0.25, 0.3) is 0 Å². The summed E-state index contributed by atoms with van der Waals surface area (Å²) in [7, 11) is 3.41. The largest absolute Gasteiger partial charge is 0.493 e. The summed E-state index contributed by atoms with van der Waals surface area (Å²) >= 11 is 2.15. The van der Waals surface area contributed by atoms with Gasteiger partial charge in [0.25, 0.3) is 0 Å². The molecule has 2 aromatic carbocycles. The smallest absolute Gasteiger partial charge is 0.231 e. The number of hydrogen-bond acceptors (Lipinski definition) is 5.